The van der Waals surface area contributed by atoms with Crippen molar-refractivity contribution in [3.05, 3.63) is 65.2 Å². The number of hydrogen-bond acceptors (Lipinski definition) is 11. The Morgan fingerprint density at radius 1 is 0.714 bits per heavy atom. The van der Waals surface area contributed by atoms with Gasteiger partial charge in [-0.1, -0.05) is 6.07 Å². The van der Waals surface area contributed by atoms with Crippen molar-refractivity contribution in [3.63, 3.8) is 0 Å². The standard InChI is InChI=1S/C42H50N4O10/c1-50-34-22-28(12-14-39(47)44-16-18-45(19-17-44)41(48)29-23-37(52-3)40(54-5)38(24-29)53-4)11-13-33(34)55-20-7-6-8-21-56-36-26-32-31(25-35(36)51-2)42(49)46-15-9-10-30(46)27-43-32/h11-14,22-27,30H,6-10,15-21H2,1-5H3/b14-12+/t30-/m0/s1. The van der Waals surface area contributed by atoms with Crippen molar-refractivity contribution in [3.8, 4) is 40.2 Å². The molecule has 14 nitrogen and oxygen atoms in total. The molecule has 0 saturated carbocycles. The van der Waals surface area contributed by atoms with Gasteiger partial charge in [0.2, 0.25) is 11.7 Å². The van der Waals surface area contributed by atoms with Crippen molar-refractivity contribution in [2.24, 2.45) is 4.99 Å². The van der Waals surface area contributed by atoms with Gasteiger partial charge in [-0.25, -0.2) is 0 Å². The largest absolute Gasteiger partial charge is 0.493 e. The van der Waals surface area contributed by atoms with E-state index in [4.69, 9.17) is 33.2 Å². The van der Waals surface area contributed by atoms with Crippen molar-refractivity contribution < 1.29 is 47.5 Å². The molecule has 3 aromatic carbocycles. The molecule has 0 aliphatic carbocycles. The second kappa shape index (κ2) is 18.6. The van der Waals surface area contributed by atoms with Crippen LogP contribution in [0.2, 0.25) is 0 Å². The van der Waals surface area contributed by atoms with Gasteiger partial charge < -0.3 is 47.9 Å². The van der Waals surface area contributed by atoms with Gasteiger partial charge in [-0.3, -0.25) is 19.4 Å². The molecule has 0 spiro atoms. The summed E-state index contributed by atoms with van der Waals surface area (Å²) in [6.07, 6.45) is 9.54. The zero-order valence-electron chi connectivity index (χ0n) is 32.7. The molecule has 0 bridgehead atoms. The number of rotatable bonds is 16. The number of benzene rings is 3. The van der Waals surface area contributed by atoms with E-state index in [1.807, 2.05) is 29.3 Å². The summed E-state index contributed by atoms with van der Waals surface area (Å²) in [5.41, 5.74) is 2.35. The molecular formula is C42H50N4O10. The fraction of sp³-hybridized carbons (Fsp3) is 0.429. The molecule has 6 rings (SSSR count). The molecule has 56 heavy (non-hydrogen) atoms. The van der Waals surface area contributed by atoms with Gasteiger partial charge in [-0.05, 0) is 74.1 Å². The smallest absolute Gasteiger partial charge is 0.256 e. The van der Waals surface area contributed by atoms with E-state index in [2.05, 4.69) is 4.99 Å². The number of carbonyl (C=O) groups is 3. The zero-order valence-corrected chi connectivity index (χ0v) is 32.7. The minimum absolute atomic E-state index is 0.0180. The van der Waals surface area contributed by atoms with E-state index >= 15 is 0 Å². The van der Waals surface area contributed by atoms with Crippen molar-refractivity contribution in [2.75, 3.05) is 81.5 Å². The first-order valence-corrected chi connectivity index (χ1v) is 18.9. The minimum Gasteiger partial charge on any atom is -0.493 e. The predicted molar refractivity (Wildman–Crippen MR) is 211 cm³/mol. The van der Waals surface area contributed by atoms with E-state index in [1.54, 1.807) is 54.4 Å². The number of piperazine rings is 1. The van der Waals surface area contributed by atoms with Crippen LogP contribution in [0.15, 0.2) is 53.5 Å². The molecule has 2 saturated heterocycles. The third-order valence-corrected chi connectivity index (χ3v) is 10.2. The lowest BCUT2D eigenvalue weighted by Gasteiger charge is -2.34. The monoisotopic (exact) mass is 770 g/mol. The van der Waals surface area contributed by atoms with Gasteiger partial charge in [0.05, 0.1) is 66.1 Å². The Morgan fingerprint density at radius 2 is 1.36 bits per heavy atom. The number of methoxy groups -OCH3 is 5. The average molecular weight is 771 g/mol. The summed E-state index contributed by atoms with van der Waals surface area (Å²) < 4.78 is 39.4. The molecule has 3 amide bonds. The third kappa shape index (κ3) is 8.96. The molecule has 3 heterocycles. The first-order chi connectivity index (χ1) is 27.3. The SMILES string of the molecule is COc1cc(/C=C/C(=O)N2CCN(C(=O)c3cc(OC)c(OC)c(OC)c3)CC2)ccc1OCCCCCOc1cc2c(cc1OC)C(=O)N1CCC[C@H]1C=N2. The highest BCUT2D eigenvalue weighted by atomic mass is 16.5. The summed E-state index contributed by atoms with van der Waals surface area (Å²) in [6, 6.07) is 12.4. The van der Waals surface area contributed by atoms with Crippen molar-refractivity contribution in [2.45, 2.75) is 38.1 Å². The van der Waals surface area contributed by atoms with E-state index in [0.29, 0.717) is 96.5 Å². The minimum atomic E-state index is -0.177. The lowest BCUT2D eigenvalue weighted by Crippen LogP contribution is -2.50. The zero-order chi connectivity index (χ0) is 39.6. The maximum Gasteiger partial charge on any atom is 0.256 e. The molecule has 3 aliphatic heterocycles. The Bertz CT molecular complexity index is 1930. The van der Waals surface area contributed by atoms with Gasteiger partial charge in [-0.2, -0.15) is 0 Å². The van der Waals surface area contributed by atoms with E-state index in [9.17, 15) is 14.4 Å². The summed E-state index contributed by atoms with van der Waals surface area (Å²) in [5.74, 6) is 3.16. The van der Waals surface area contributed by atoms with Gasteiger partial charge >= 0.3 is 0 Å². The summed E-state index contributed by atoms with van der Waals surface area (Å²) in [6.45, 7) is 3.31. The number of amides is 3. The fourth-order valence-corrected chi connectivity index (χ4v) is 7.06. The van der Waals surface area contributed by atoms with Gasteiger partial charge in [0.1, 0.15) is 0 Å². The van der Waals surface area contributed by atoms with Crippen molar-refractivity contribution in [1.29, 1.82) is 0 Å². The number of hydrogen-bond donors (Lipinski definition) is 0. The third-order valence-electron chi connectivity index (χ3n) is 10.2. The highest BCUT2D eigenvalue weighted by Crippen LogP contribution is 2.40. The Kier molecular flexibility index (Phi) is 13.2. The van der Waals surface area contributed by atoms with Crippen LogP contribution in [0.1, 0.15) is 58.4 Å². The second-order valence-electron chi connectivity index (χ2n) is 13.5. The highest BCUT2D eigenvalue weighted by Gasteiger charge is 2.33. The maximum atomic E-state index is 13.3. The number of carbonyl (C=O) groups excluding carboxylic acids is 3. The summed E-state index contributed by atoms with van der Waals surface area (Å²) in [4.78, 5) is 49.4. The van der Waals surface area contributed by atoms with Crippen LogP contribution in [0.5, 0.6) is 40.2 Å². The molecule has 1 atom stereocenters. The van der Waals surface area contributed by atoms with Crippen LogP contribution in [0, 0.1) is 0 Å². The Hall–Kier alpha value is -5.92. The topological polar surface area (TPSA) is 138 Å². The van der Waals surface area contributed by atoms with E-state index in [-0.39, 0.29) is 23.8 Å². The van der Waals surface area contributed by atoms with E-state index < -0.39 is 0 Å². The van der Waals surface area contributed by atoms with Gasteiger partial charge in [-0.15, -0.1) is 0 Å². The summed E-state index contributed by atoms with van der Waals surface area (Å²) in [5, 5.41) is 0. The molecule has 0 unspecified atom stereocenters. The van der Waals surface area contributed by atoms with E-state index in [0.717, 1.165) is 44.2 Å². The normalized spacial score (nSPS) is 16.3. The lowest BCUT2D eigenvalue weighted by atomic mass is 10.1. The van der Waals surface area contributed by atoms with Crippen LogP contribution in [0.4, 0.5) is 5.69 Å². The molecule has 298 valence electrons. The van der Waals surface area contributed by atoms with E-state index in [1.165, 1.54) is 27.4 Å². The predicted octanol–water partition coefficient (Wildman–Crippen LogP) is 5.68. The number of unbranched alkanes of at least 4 members (excludes halogenated alkanes) is 2. The van der Waals surface area contributed by atoms with Crippen molar-refractivity contribution >= 4 is 35.7 Å². The Balaban J connectivity index is 0.931. The summed E-state index contributed by atoms with van der Waals surface area (Å²) in [7, 11) is 7.67. The maximum absolute atomic E-state index is 13.3. The fourth-order valence-electron chi connectivity index (χ4n) is 7.06. The molecule has 2 fully saturated rings. The van der Waals surface area contributed by atoms with Crippen LogP contribution in [-0.4, -0.2) is 126 Å². The first kappa shape index (κ1) is 39.8. The van der Waals surface area contributed by atoms with Crippen molar-refractivity contribution in [1.82, 2.24) is 14.7 Å². The number of ether oxygens (including phenoxy) is 7. The quantitative estimate of drug-likeness (QED) is 0.132. The Labute approximate surface area is 327 Å². The van der Waals surface area contributed by atoms with Crippen LogP contribution >= 0.6 is 0 Å². The second-order valence-corrected chi connectivity index (χ2v) is 13.5. The molecular weight excluding hydrogens is 720 g/mol. The summed E-state index contributed by atoms with van der Waals surface area (Å²) >= 11 is 0. The highest BCUT2D eigenvalue weighted by molar-refractivity contribution is 6.03. The van der Waals surface area contributed by atoms with Crippen LogP contribution < -0.4 is 33.2 Å². The molecule has 0 aromatic heterocycles. The van der Waals surface area contributed by atoms with Crippen LogP contribution in [-0.2, 0) is 4.79 Å². The molecule has 14 heteroatoms. The lowest BCUT2D eigenvalue weighted by molar-refractivity contribution is -0.127. The molecule has 0 radical (unpaired) electrons. The number of nitrogens with zero attached hydrogens (tertiary/aromatic N) is 4. The average Bonchev–Trinajstić information content (AvgIpc) is 3.67. The molecule has 3 aromatic rings. The van der Waals surface area contributed by atoms with Crippen LogP contribution in [0.25, 0.3) is 6.08 Å². The number of fused-ring (bicyclic) bond motifs is 2. The van der Waals surface area contributed by atoms with Gasteiger partial charge in [0.15, 0.2) is 34.5 Å². The molecule has 0 N–H and O–H groups in total. The first-order valence-electron chi connectivity index (χ1n) is 18.9. The van der Waals surface area contributed by atoms with Crippen LogP contribution in [0.3, 0.4) is 0 Å². The Morgan fingerprint density at radius 3 is 2.02 bits per heavy atom. The molecule has 3 aliphatic rings. The van der Waals surface area contributed by atoms with Gasteiger partial charge in [0.25, 0.3) is 11.8 Å². The number of aliphatic imine (C=N–C) groups is 1. The van der Waals surface area contributed by atoms with Gasteiger partial charge in [0, 0.05) is 56.6 Å².